The van der Waals surface area contributed by atoms with Crippen molar-refractivity contribution >= 4 is 43.5 Å². The van der Waals surface area contributed by atoms with Crippen LogP contribution in [-0.4, -0.2) is 15.0 Å². The van der Waals surface area contributed by atoms with E-state index < -0.39 is 0 Å². The molecule has 4 nitrogen and oxygen atoms in total. The minimum atomic E-state index is 0.590. The van der Waals surface area contributed by atoms with E-state index in [1.165, 1.54) is 16.3 Å². The van der Waals surface area contributed by atoms with Crippen LogP contribution in [0, 0.1) is 0 Å². The van der Waals surface area contributed by atoms with Crippen LogP contribution in [0.15, 0.2) is 180 Å². The molecule has 0 amide bonds. The first kappa shape index (κ1) is 29.0. The van der Waals surface area contributed by atoms with Crippen molar-refractivity contribution in [3.05, 3.63) is 176 Å². The number of aromatic nitrogens is 3. The minimum Gasteiger partial charge on any atom is -0.456 e. The lowest BCUT2D eigenvalue weighted by Gasteiger charge is -2.11. The summed E-state index contributed by atoms with van der Waals surface area (Å²) in [5, 5.41) is 6.84. The Morgan fingerprint density at radius 1 is 0.314 bits per heavy atom. The van der Waals surface area contributed by atoms with Crippen LogP contribution in [0.25, 0.3) is 99.9 Å². The summed E-state index contributed by atoms with van der Waals surface area (Å²) in [6, 6.07) is 61.1. The van der Waals surface area contributed by atoms with E-state index in [0.29, 0.717) is 17.5 Å². The quantitative estimate of drug-likeness (QED) is 0.186. The van der Waals surface area contributed by atoms with Crippen LogP contribution < -0.4 is 0 Å². The van der Waals surface area contributed by atoms with Gasteiger partial charge in [0.25, 0.3) is 0 Å². The molecule has 0 radical (unpaired) electrons. The summed E-state index contributed by atoms with van der Waals surface area (Å²) in [4.78, 5) is 15.3. The summed E-state index contributed by atoms with van der Waals surface area (Å²) >= 11 is 0. The van der Waals surface area contributed by atoms with E-state index in [-0.39, 0.29) is 0 Å². The summed E-state index contributed by atoms with van der Waals surface area (Å²) in [6.07, 6.45) is 0. The zero-order chi connectivity index (χ0) is 33.7. The fraction of sp³-hybridized carbons (Fsp3) is 0. The molecular formula is C47H29N3O. The van der Waals surface area contributed by atoms with E-state index in [2.05, 4.69) is 158 Å². The van der Waals surface area contributed by atoms with E-state index in [1.54, 1.807) is 0 Å². The van der Waals surface area contributed by atoms with Crippen LogP contribution in [0.2, 0.25) is 0 Å². The molecule has 0 atom stereocenters. The van der Waals surface area contributed by atoms with Gasteiger partial charge in [0, 0.05) is 27.5 Å². The van der Waals surface area contributed by atoms with Crippen LogP contribution in [-0.2, 0) is 0 Å². The van der Waals surface area contributed by atoms with Gasteiger partial charge >= 0.3 is 0 Å². The SMILES string of the molecule is c1ccc(-c2cccc3oc4cc(-c5nc(-c6ccc(-c7ccc8ccccc8c7)cc6)nc(-c6cccc7ccccc67)n5)ccc4c23)cc1. The molecule has 0 saturated carbocycles. The maximum Gasteiger partial charge on any atom is 0.164 e. The lowest BCUT2D eigenvalue weighted by Crippen LogP contribution is -2.00. The largest absolute Gasteiger partial charge is 0.456 e. The molecule has 0 aliphatic heterocycles. The third-order valence-corrected chi connectivity index (χ3v) is 9.73. The molecule has 4 heteroatoms. The predicted molar refractivity (Wildman–Crippen MR) is 209 cm³/mol. The van der Waals surface area contributed by atoms with Crippen LogP contribution in [0.3, 0.4) is 0 Å². The van der Waals surface area contributed by atoms with E-state index >= 15 is 0 Å². The predicted octanol–water partition coefficient (Wildman–Crippen LogP) is 12.4. The topological polar surface area (TPSA) is 51.8 Å². The van der Waals surface area contributed by atoms with Crippen LogP contribution in [0.4, 0.5) is 0 Å². The highest BCUT2D eigenvalue weighted by Gasteiger charge is 2.17. The smallest absolute Gasteiger partial charge is 0.164 e. The van der Waals surface area contributed by atoms with Crippen molar-refractivity contribution in [1.29, 1.82) is 0 Å². The summed E-state index contributed by atoms with van der Waals surface area (Å²) in [5.74, 6) is 1.83. The first-order valence-corrected chi connectivity index (χ1v) is 17.1. The Labute approximate surface area is 294 Å². The zero-order valence-electron chi connectivity index (χ0n) is 27.5. The highest BCUT2D eigenvalue weighted by Crippen LogP contribution is 2.38. The van der Waals surface area contributed by atoms with Gasteiger partial charge in [0.15, 0.2) is 17.5 Å². The molecular weight excluding hydrogens is 623 g/mol. The van der Waals surface area contributed by atoms with Gasteiger partial charge in [-0.25, -0.2) is 15.0 Å². The maximum atomic E-state index is 6.47. The van der Waals surface area contributed by atoms with Crippen molar-refractivity contribution in [1.82, 2.24) is 15.0 Å². The number of hydrogen-bond donors (Lipinski definition) is 0. The third-order valence-electron chi connectivity index (χ3n) is 9.73. The third kappa shape index (κ3) is 5.13. The van der Waals surface area contributed by atoms with Crippen molar-refractivity contribution in [2.75, 3.05) is 0 Å². The van der Waals surface area contributed by atoms with E-state index in [0.717, 1.165) is 66.1 Å². The average Bonchev–Trinajstić information content (AvgIpc) is 3.59. The van der Waals surface area contributed by atoms with Gasteiger partial charge in [-0.1, -0.05) is 152 Å². The summed E-state index contributed by atoms with van der Waals surface area (Å²) < 4.78 is 6.47. The van der Waals surface area contributed by atoms with E-state index in [9.17, 15) is 0 Å². The summed E-state index contributed by atoms with van der Waals surface area (Å²) in [6.45, 7) is 0. The molecule has 0 bridgehead atoms. The highest BCUT2D eigenvalue weighted by molar-refractivity contribution is 6.13. The minimum absolute atomic E-state index is 0.590. The molecule has 0 N–H and O–H groups in total. The average molecular weight is 652 g/mol. The number of hydrogen-bond acceptors (Lipinski definition) is 4. The Balaban J connectivity index is 1.12. The second-order valence-electron chi connectivity index (χ2n) is 12.8. The van der Waals surface area contributed by atoms with Crippen molar-refractivity contribution in [3.63, 3.8) is 0 Å². The van der Waals surface area contributed by atoms with Gasteiger partial charge in [-0.2, -0.15) is 0 Å². The first-order valence-electron chi connectivity index (χ1n) is 17.1. The number of benzene rings is 8. The van der Waals surface area contributed by atoms with Gasteiger partial charge in [-0.15, -0.1) is 0 Å². The Morgan fingerprint density at radius 3 is 1.80 bits per heavy atom. The number of rotatable bonds is 5. The van der Waals surface area contributed by atoms with Crippen LogP contribution in [0.1, 0.15) is 0 Å². The molecule has 2 heterocycles. The van der Waals surface area contributed by atoms with Crippen molar-refractivity contribution in [2.45, 2.75) is 0 Å². The normalized spacial score (nSPS) is 11.5. The lowest BCUT2D eigenvalue weighted by atomic mass is 9.99. The fourth-order valence-electron chi connectivity index (χ4n) is 7.18. The number of fused-ring (bicyclic) bond motifs is 5. The fourth-order valence-corrected chi connectivity index (χ4v) is 7.18. The molecule has 10 aromatic rings. The Morgan fingerprint density at radius 2 is 0.941 bits per heavy atom. The Kier molecular flexibility index (Phi) is 6.78. The van der Waals surface area contributed by atoms with E-state index in [4.69, 9.17) is 19.4 Å². The molecule has 0 fully saturated rings. The Hall–Kier alpha value is -6.91. The van der Waals surface area contributed by atoms with Crippen LogP contribution >= 0.6 is 0 Å². The molecule has 0 aliphatic rings. The Bertz CT molecular complexity index is 2900. The van der Waals surface area contributed by atoms with Crippen LogP contribution in [0.5, 0.6) is 0 Å². The molecule has 10 rings (SSSR count). The second kappa shape index (κ2) is 11.9. The van der Waals surface area contributed by atoms with Gasteiger partial charge in [-0.05, 0) is 68.1 Å². The van der Waals surface area contributed by atoms with E-state index in [1.807, 2.05) is 18.2 Å². The van der Waals surface area contributed by atoms with Gasteiger partial charge in [0.1, 0.15) is 11.2 Å². The summed E-state index contributed by atoms with van der Waals surface area (Å²) in [5.41, 5.74) is 8.99. The zero-order valence-corrected chi connectivity index (χ0v) is 27.5. The first-order chi connectivity index (χ1) is 25.2. The molecule has 51 heavy (non-hydrogen) atoms. The highest BCUT2D eigenvalue weighted by atomic mass is 16.3. The molecule has 0 unspecified atom stereocenters. The maximum absolute atomic E-state index is 6.47. The van der Waals surface area contributed by atoms with Gasteiger partial charge in [0.05, 0.1) is 0 Å². The summed E-state index contributed by atoms with van der Waals surface area (Å²) in [7, 11) is 0. The van der Waals surface area contributed by atoms with Gasteiger partial charge in [-0.3, -0.25) is 0 Å². The molecule has 2 aromatic heterocycles. The standard InChI is InChI=1S/C47H29N3O/c1-2-11-33(12-3-1)39-17-9-19-42-44(39)41-27-26-37(29-43(41)51-42)46-48-45(49-47(50-46)40-18-8-15-32-13-6-7-16-38(32)40)34-23-20-31(21-24-34)36-25-22-30-10-4-5-14-35(30)28-36/h1-29H. The van der Waals surface area contributed by atoms with Crippen molar-refractivity contribution in [3.8, 4) is 56.4 Å². The van der Waals surface area contributed by atoms with Gasteiger partial charge < -0.3 is 4.42 Å². The molecule has 8 aromatic carbocycles. The number of nitrogens with zero attached hydrogens (tertiary/aromatic N) is 3. The van der Waals surface area contributed by atoms with Crippen molar-refractivity contribution in [2.24, 2.45) is 0 Å². The molecule has 0 spiro atoms. The molecule has 0 saturated heterocycles. The molecule has 0 aliphatic carbocycles. The monoisotopic (exact) mass is 651 g/mol. The lowest BCUT2D eigenvalue weighted by molar-refractivity contribution is 0.669. The molecule has 238 valence electrons. The number of furan rings is 1. The second-order valence-corrected chi connectivity index (χ2v) is 12.8. The van der Waals surface area contributed by atoms with Gasteiger partial charge in [0.2, 0.25) is 0 Å². The van der Waals surface area contributed by atoms with Crippen molar-refractivity contribution < 1.29 is 4.42 Å².